The summed E-state index contributed by atoms with van der Waals surface area (Å²) in [6, 6.07) is 11.2. The Morgan fingerprint density at radius 1 is 1.19 bits per heavy atom. The van der Waals surface area contributed by atoms with E-state index < -0.39 is 5.82 Å². The molecule has 0 saturated carbocycles. The van der Waals surface area contributed by atoms with Gasteiger partial charge in [-0.3, -0.25) is 4.79 Å². The number of halogens is 2. The average molecular weight is 307 g/mol. The van der Waals surface area contributed by atoms with E-state index in [0.717, 1.165) is 0 Å². The number of carbonyl (C=O) groups excluding carboxylic acids is 1. The van der Waals surface area contributed by atoms with Crippen LogP contribution in [0.2, 0.25) is 5.02 Å². The Labute approximate surface area is 128 Å². The molecule has 110 valence electrons. The third kappa shape index (κ3) is 4.05. The van der Waals surface area contributed by atoms with Crippen LogP contribution in [0.1, 0.15) is 29.8 Å². The highest BCUT2D eigenvalue weighted by Gasteiger charge is 2.13. The summed E-state index contributed by atoms with van der Waals surface area (Å²) < 4.78 is 19.2. The first-order valence-corrected chi connectivity index (χ1v) is 7.08. The van der Waals surface area contributed by atoms with Crippen LogP contribution >= 0.6 is 11.6 Å². The predicted molar refractivity (Wildman–Crippen MR) is 81.7 cm³/mol. The second-order valence-corrected chi connectivity index (χ2v) is 5.40. The second kappa shape index (κ2) is 6.72. The highest BCUT2D eigenvalue weighted by molar-refractivity contribution is 6.31. The van der Waals surface area contributed by atoms with Crippen LogP contribution < -0.4 is 4.74 Å². The Balaban J connectivity index is 2.13. The first-order chi connectivity index (χ1) is 9.97. The van der Waals surface area contributed by atoms with Gasteiger partial charge in [0.05, 0.1) is 6.10 Å². The summed E-state index contributed by atoms with van der Waals surface area (Å²) in [5.41, 5.74) is 0.733. The molecule has 0 bridgehead atoms. The summed E-state index contributed by atoms with van der Waals surface area (Å²) in [4.78, 5) is 12.2. The molecule has 2 aromatic carbocycles. The van der Waals surface area contributed by atoms with Gasteiger partial charge in [-0.1, -0.05) is 17.7 Å². The van der Waals surface area contributed by atoms with Crippen LogP contribution in [0.25, 0.3) is 0 Å². The molecule has 0 N–H and O–H groups in total. The maximum atomic E-state index is 13.7. The lowest BCUT2D eigenvalue weighted by Gasteiger charge is -2.10. The van der Waals surface area contributed by atoms with E-state index >= 15 is 0 Å². The predicted octanol–water partition coefficient (Wildman–Crippen LogP) is 4.69. The van der Waals surface area contributed by atoms with Gasteiger partial charge in [0.2, 0.25) is 0 Å². The molecule has 0 spiro atoms. The number of Topliss-reactive ketones (excluding diaryl/α,β-unsaturated/α-hetero) is 1. The fraction of sp³-hybridized carbons (Fsp3) is 0.235. The van der Waals surface area contributed by atoms with Crippen LogP contribution in [0.3, 0.4) is 0 Å². The van der Waals surface area contributed by atoms with E-state index in [2.05, 4.69) is 0 Å². The van der Waals surface area contributed by atoms with Crippen molar-refractivity contribution in [2.75, 3.05) is 0 Å². The normalized spacial score (nSPS) is 10.7. The lowest BCUT2D eigenvalue weighted by molar-refractivity contribution is 0.0992. The van der Waals surface area contributed by atoms with Gasteiger partial charge >= 0.3 is 0 Å². The van der Waals surface area contributed by atoms with Gasteiger partial charge < -0.3 is 4.74 Å². The first-order valence-electron chi connectivity index (χ1n) is 6.70. The van der Waals surface area contributed by atoms with E-state index in [4.69, 9.17) is 16.3 Å². The van der Waals surface area contributed by atoms with Crippen molar-refractivity contribution in [1.82, 2.24) is 0 Å². The molecule has 0 heterocycles. The molecule has 0 amide bonds. The van der Waals surface area contributed by atoms with E-state index in [1.807, 2.05) is 13.8 Å². The van der Waals surface area contributed by atoms with Crippen molar-refractivity contribution in [2.45, 2.75) is 26.4 Å². The fourth-order valence-electron chi connectivity index (χ4n) is 1.96. The van der Waals surface area contributed by atoms with Gasteiger partial charge in [-0.15, -0.1) is 0 Å². The Hall–Kier alpha value is -1.87. The van der Waals surface area contributed by atoms with Crippen molar-refractivity contribution in [3.05, 3.63) is 64.4 Å². The maximum Gasteiger partial charge on any atom is 0.167 e. The van der Waals surface area contributed by atoms with Crippen LogP contribution in [0.5, 0.6) is 5.75 Å². The Morgan fingerprint density at radius 2 is 1.86 bits per heavy atom. The van der Waals surface area contributed by atoms with Crippen molar-refractivity contribution in [1.29, 1.82) is 0 Å². The summed E-state index contributed by atoms with van der Waals surface area (Å²) in [6.07, 6.45) is 0.0133. The van der Waals surface area contributed by atoms with E-state index in [1.54, 1.807) is 30.3 Å². The number of ketones is 1. The smallest absolute Gasteiger partial charge is 0.167 e. The quantitative estimate of drug-likeness (QED) is 0.749. The third-order valence-corrected chi connectivity index (χ3v) is 3.30. The van der Waals surface area contributed by atoms with Gasteiger partial charge in [-0.2, -0.15) is 0 Å². The van der Waals surface area contributed by atoms with Crippen molar-refractivity contribution < 1.29 is 13.9 Å². The SMILES string of the molecule is CC(C)Oc1ccc(C(=O)Cc2c(F)cccc2Cl)cc1. The van der Waals surface area contributed by atoms with Gasteiger partial charge in [0.1, 0.15) is 11.6 Å². The fourth-order valence-corrected chi connectivity index (χ4v) is 2.19. The van der Waals surface area contributed by atoms with Crippen LogP contribution in [-0.2, 0) is 6.42 Å². The Bertz CT molecular complexity index is 615. The zero-order valence-electron chi connectivity index (χ0n) is 11.9. The summed E-state index contributed by atoms with van der Waals surface area (Å²) in [7, 11) is 0. The number of rotatable bonds is 5. The molecule has 0 aliphatic rings. The van der Waals surface area contributed by atoms with E-state index in [9.17, 15) is 9.18 Å². The number of hydrogen-bond acceptors (Lipinski definition) is 2. The molecule has 0 aliphatic heterocycles. The van der Waals surface area contributed by atoms with Crippen molar-refractivity contribution in [3.63, 3.8) is 0 Å². The minimum atomic E-state index is -0.462. The van der Waals surface area contributed by atoms with Gasteiger partial charge in [0, 0.05) is 22.6 Å². The minimum Gasteiger partial charge on any atom is -0.491 e. The Kier molecular flexibility index (Phi) is 4.97. The minimum absolute atomic E-state index is 0.0596. The molecule has 0 aromatic heterocycles. The molecule has 0 aliphatic carbocycles. The highest BCUT2D eigenvalue weighted by atomic mass is 35.5. The number of hydrogen-bond donors (Lipinski definition) is 0. The molecule has 0 atom stereocenters. The van der Waals surface area contributed by atoms with Crippen molar-refractivity contribution in [2.24, 2.45) is 0 Å². The van der Waals surface area contributed by atoms with Gasteiger partial charge in [-0.05, 0) is 50.2 Å². The first kappa shape index (κ1) is 15.5. The molecular formula is C17H16ClFO2. The number of benzene rings is 2. The monoisotopic (exact) mass is 306 g/mol. The molecule has 21 heavy (non-hydrogen) atoms. The summed E-state index contributed by atoms with van der Waals surface area (Å²) in [5, 5.41) is 0.267. The number of ether oxygens (including phenoxy) is 1. The topological polar surface area (TPSA) is 26.3 Å². The molecule has 0 saturated heterocycles. The second-order valence-electron chi connectivity index (χ2n) is 4.99. The zero-order chi connectivity index (χ0) is 15.4. The largest absolute Gasteiger partial charge is 0.491 e. The van der Waals surface area contributed by atoms with E-state index in [0.29, 0.717) is 11.3 Å². The Morgan fingerprint density at radius 3 is 2.43 bits per heavy atom. The van der Waals surface area contributed by atoms with Crippen molar-refractivity contribution >= 4 is 17.4 Å². The molecule has 4 heteroatoms. The zero-order valence-corrected chi connectivity index (χ0v) is 12.7. The summed E-state index contributed by atoms with van der Waals surface area (Å²) >= 11 is 5.93. The average Bonchev–Trinajstić information content (AvgIpc) is 2.43. The lowest BCUT2D eigenvalue weighted by atomic mass is 10.0. The summed E-state index contributed by atoms with van der Waals surface area (Å²) in [6.45, 7) is 3.86. The molecule has 2 nitrogen and oxygen atoms in total. The molecule has 2 aromatic rings. The van der Waals surface area contributed by atoms with Crippen molar-refractivity contribution in [3.8, 4) is 5.75 Å². The van der Waals surface area contributed by atoms with Gasteiger partial charge in [0.15, 0.2) is 5.78 Å². The van der Waals surface area contributed by atoms with Gasteiger partial charge in [-0.25, -0.2) is 4.39 Å². The maximum absolute atomic E-state index is 13.7. The van der Waals surface area contributed by atoms with Crippen LogP contribution in [-0.4, -0.2) is 11.9 Å². The number of carbonyl (C=O) groups is 1. The molecule has 2 rings (SSSR count). The summed E-state index contributed by atoms with van der Waals surface area (Å²) in [5.74, 6) is 0.0548. The van der Waals surface area contributed by atoms with E-state index in [1.165, 1.54) is 12.1 Å². The van der Waals surface area contributed by atoms with E-state index in [-0.39, 0.29) is 28.9 Å². The molecule has 0 radical (unpaired) electrons. The molecule has 0 unspecified atom stereocenters. The molecular weight excluding hydrogens is 291 g/mol. The standard InChI is InChI=1S/C17H16ClFO2/c1-11(2)21-13-8-6-12(7-9-13)17(20)10-14-15(18)4-3-5-16(14)19/h3-9,11H,10H2,1-2H3. The third-order valence-electron chi connectivity index (χ3n) is 2.95. The lowest BCUT2D eigenvalue weighted by Crippen LogP contribution is -2.07. The molecule has 0 fully saturated rings. The van der Waals surface area contributed by atoms with Crippen LogP contribution in [0.4, 0.5) is 4.39 Å². The van der Waals surface area contributed by atoms with Gasteiger partial charge in [0.25, 0.3) is 0 Å². The van der Waals surface area contributed by atoms with Crippen LogP contribution in [0.15, 0.2) is 42.5 Å². The highest BCUT2D eigenvalue weighted by Crippen LogP contribution is 2.22. The van der Waals surface area contributed by atoms with Crippen LogP contribution in [0, 0.1) is 5.82 Å².